The van der Waals surface area contributed by atoms with Crippen LogP contribution in [0.15, 0.2) is 23.2 Å². The minimum absolute atomic E-state index is 0. The summed E-state index contributed by atoms with van der Waals surface area (Å²) in [6.45, 7) is 8.33. The van der Waals surface area contributed by atoms with Crippen LogP contribution in [-0.4, -0.2) is 65.7 Å². The summed E-state index contributed by atoms with van der Waals surface area (Å²) in [5.41, 5.74) is 6.37. The average Bonchev–Trinajstić information content (AvgIpc) is 2.58. The molecule has 9 heteroatoms. The Hall–Kier alpha value is -1.78. The summed E-state index contributed by atoms with van der Waals surface area (Å²) in [6.07, 6.45) is -0.289. The Labute approximate surface area is 171 Å². The number of nitrogens with zero attached hydrogens (tertiary/aromatic N) is 4. The lowest BCUT2D eigenvalue weighted by Gasteiger charge is -2.36. The zero-order valence-electron chi connectivity index (χ0n) is 15.8. The molecule has 0 saturated carbocycles. The molecule has 0 spiro atoms. The Bertz CT molecular complexity index is 625. The molecule has 2 N–H and O–H groups in total. The molecule has 1 aliphatic rings. The molecule has 2 rings (SSSR count). The molecule has 1 amide bonds. The van der Waals surface area contributed by atoms with Gasteiger partial charge in [0.25, 0.3) is 0 Å². The Balaban J connectivity index is 0.00000338. The van der Waals surface area contributed by atoms with Crippen molar-refractivity contribution in [2.24, 2.45) is 10.7 Å². The minimum Gasteiger partial charge on any atom is -0.481 e. The van der Waals surface area contributed by atoms with Crippen LogP contribution in [0.2, 0.25) is 0 Å². The monoisotopic (exact) mass is 477 g/mol. The fourth-order valence-electron chi connectivity index (χ4n) is 2.37. The normalized spacial score (nSPS) is 15.3. The van der Waals surface area contributed by atoms with Crippen molar-refractivity contribution in [2.45, 2.75) is 32.9 Å². The number of ether oxygens (including phenoxy) is 2. The second kappa shape index (κ2) is 9.79. The van der Waals surface area contributed by atoms with E-state index in [2.05, 4.69) is 9.98 Å². The molecule has 8 nitrogen and oxygen atoms in total. The first-order valence-electron chi connectivity index (χ1n) is 8.31. The third-order valence-electron chi connectivity index (χ3n) is 3.65. The predicted molar refractivity (Wildman–Crippen MR) is 111 cm³/mol. The highest BCUT2D eigenvalue weighted by Crippen LogP contribution is 2.12. The molecule has 0 aliphatic carbocycles. The van der Waals surface area contributed by atoms with Crippen LogP contribution in [0.1, 0.15) is 26.5 Å². The lowest BCUT2D eigenvalue weighted by molar-refractivity contribution is 0.0186. The van der Waals surface area contributed by atoms with E-state index >= 15 is 0 Å². The maximum atomic E-state index is 12.1. The van der Waals surface area contributed by atoms with Crippen molar-refractivity contribution in [3.05, 3.63) is 23.9 Å². The fraction of sp³-hybridized carbons (Fsp3) is 0.588. The van der Waals surface area contributed by atoms with Gasteiger partial charge in [-0.3, -0.25) is 0 Å². The second-order valence-electron chi connectivity index (χ2n) is 6.80. The number of guanidine groups is 1. The molecule has 1 fully saturated rings. The Kier molecular flexibility index (Phi) is 8.38. The number of hydrogen-bond donors (Lipinski definition) is 1. The van der Waals surface area contributed by atoms with Crippen LogP contribution in [0.5, 0.6) is 5.88 Å². The number of hydrogen-bond acceptors (Lipinski definition) is 5. The summed E-state index contributed by atoms with van der Waals surface area (Å²) in [4.78, 5) is 24.4. The van der Waals surface area contributed by atoms with Crippen LogP contribution in [0, 0.1) is 0 Å². The van der Waals surface area contributed by atoms with Gasteiger partial charge in [0, 0.05) is 32.2 Å². The molecule has 0 bridgehead atoms. The smallest absolute Gasteiger partial charge is 0.410 e. The number of amides is 1. The van der Waals surface area contributed by atoms with Crippen LogP contribution in [0.25, 0.3) is 0 Å². The summed E-state index contributed by atoms with van der Waals surface area (Å²) in [6, 6.07) is 5.53. The third kappa shape index (κ3) is 6.85. The first kappa shape index (κ1) is 22.3. The number of halogens is 1. The van der Waals surface area contributed by atoms with Gasteiger partial charge < -0.3 is 25.0 Å². The Morgan fingerprint density at radius 2 is 1.85 bits per heavy atom. The molecule has 1 saturated heterocycles. The van der Waals surface area contributed by atoms with Crippen molar-refractivity contribution in [1.29, 1.82) is 0 Å². The summed E-state index contributed by atoms with van der Waals surface area (Å²) < 4.78 is 10.5. The van der Waals surface area contributed by atoms with Crippen LogP contribution in [0.3, 0.4) is 0 Å². The van der Waals surface area contributed by atoms with E-state index in [0.717, 1.165) is 5.69 Å². The summed E-state index contributed by atoms with van der Waals surface area (Å²) in [5, 5.41) is 0. The number of methoxy groups -OCH3 is 1. The maximum Gasteiger partial charge on any atom is 0.410 e. The largest absolute Gasteiger partial charge is 0.481 e. The molecule has 0 unspecified atom stereocenters. The molecule has 0 atom stereocenters. The van der Waals surface area contributed by atoms with Gasteiger partial charge in [-0.1, -0.05) is 6.07 Å². The van der Waals surface area contributed by atoms with Gasteiger partial charge in [0.05, 0.1) is 19.3 Å². The standard InChI is InChI=1S/C17H27N5O3.HI/c1-17(2,3)25-16(23)22-10-8-21(9-11-22)15(18)19-12-13-6-5-7-14(20-13)24-4;/h5-7H,8-12H2,1-4H3,(H2,18,19);1H. The lowest BCUT2D eigenvalue weighted by Crippen LogP contribution is -2.53. The number of carbonyl (C=O) groups excluding carboxylic acids is 1. The van der Waals surface area contributed by atoms with E-state index in [9.17, 15) is 4.79 Å². The van der Waals surface area contributed by atoms with E-state index in [0.29, 0.717) is 44.6 Å². The number of pyridine rings is 1. The highest BCUT2D eigenvalue weighted by Gasteiger charge is 2.26. The van der Waals surface area contributed by atoms with Crippen molar-refractivity contribution < 1.29 is 14.3 Å². The quantitative estimate of drug-likeness (QED) is 0.407. The predicted octanol–water partition coefficient (Wildman–Crippen LogP) is 2.08. The van der Waals surface area contributed by atoms with Crippen LogP contribution >= 0.6 is 24.0 Å². The number of piperazine rings is 1. The third-order valence-corrected chi connectivity index (χ3v) is 3.65. The highest BCUT2D eigenvalue weighted by molar-refractivity contribution is 14.0. The van der Waals surface area contributed by atoms with Gasteiger partial charge in [-0.25, -0.2) is 14.8 Å². The average molecular weight is 477 g/mol. The summed E-state index contributed by atoms with van der Waals surface area (Å²) in [7, 11) is 1.58. The van der Waals surface area contributed by atoms with E-state index in [1.807, 2.05) is 37.8 Å². The summed E-state index contributed by atoms with van der Waals surface area (Å²) >= 11 is 0. The van der Waals surface area contributed by atoms with E-state index in [1.54, 1.807) is 18.1 Å². The minimum atomic E-state index is -0.488. The molecule has 0 radical (unpaired) electrons. The number of carbonyl (C=O) groups is 1. The molecule has 1 aromatic heterocycles. The Morgan fingerprint density at radius 1 is 1.23 bits per heavy atom. The second-order valence-corrected chi connectivity index (χ2v) is 6.80. The zero-order chi connectivity index (χ0) is 18.4. The van der Waals surface area contributed by atoms with Crippen molar-refractivity contribution in [2.75, 3.05) is 33.3 Å². The topological polar surface area (TPSA) is 93.3 Å². The number of rotatable bonds is 3. The van der Waals surface area contributed by atoms with Crippen LogP contribution in [-0.2, 0) is 11.3 Å². The zero-order valence-corrected chi connectivity index (χ0v) is 18.1. The van der Waals surface area contributed by atoms with Crippen molar-refractivity contribution in [3.63, 3.8) is 0 Å². The van der Waals surface area contributed by atoms with Crippen LogP contribution < -0.4 is 10.5 Å². The van der Waals surface area contributed by atoms with E-state index in [4.69, 9.17) is 15.2 Å². The van der Waals surface area contributed by atoms with Gasteiger partial charge in [-0.05, 0) is 26.8 Å². The molecule has 2 heterocycles. The molecule has 1 aliphatic heterocycles. The SMILES string of the molecule is COc1cccc(CN=C(N)N2CCN(C(=O)OC(C)(C)C)CC2)n1.I. The van der Waals surface area contributed by atoms with E-state index in [-0.39, 0.29) is 30.1 Å². The van der Waals surface area contributed by atoms with Crippen molar-refractivity contribution in [3.8, 4) is 5.88 Å². The summed E-state index contributed by atoms with van der Waals surface area (Å²) in [5.74, 6) is 1.01. The van der Waals surface area contributed by atoms with E-state index < -0.39 is 5.60 Å². The molecule has 1 aromatic rings. The van der Waals surface area contributed by atoms with Crippen LogP contribution in [0.4, 0.5) is 4.79 Å². The molecule has 146 valence electrons. The Morgan fingerprint density at radius 3 is 2.42 bits per heavy atom. The fourth-order valence-corrected chi connectivity index (χ4v) is 2.37. The van der Waals surface area contributed by atoms with E-state index in [1.165, 1.54) is 0 Å². The van der Waals surface area contributed by atoms with Crippen molar-refractivity contribution >= 4 is 36.0 Å². The maximum absolute atomic E-state index is 12.1. The molecule has 26 heavy (non-hydrogen) atoms. The van der Waals surface area contributed by atoms with Gasteiger partial charge in [0.2, 0.25) is 5.88 Å². The van der Waals surface area contributed by atoms with Gasteiger partial charge in [0.1, 0.15) is 5.60 Å². The lowest BCUT2D eigenvalue weighted by atomic mass is 10.2. The number of aliphatic imine (C=N–C) groups is 1. The van der Waals surface area contributed by atoms with Gasteiger partial charge in [0.15, 0.2) is 5.96 Å². The highest BCUT2D eigenvalue weighted by atomic mass is 127. The number of nitrogens with two attached hydrogens (primary N) is 1. The first-order chi connectivity index (χ1) is 11.8. The first-order valence-corrected chi connectivity index (χ1v) is 8.31. The van der Waals surface area contributed by atoms with Gasteiger partial charge in [-0.15, -0.1) is 24.0 Å². The molecular formula is C17H28IN5O3. The molecular weight excluding hydrogens is 449 g/mol. The number of aromatic nitrogens is 1. The van der Waals surface area contributed by atoms with Gasteiger partial charge in [-0.2, -0.15) is 0 Å². The molecule has 0 aromatic carbocycles. The van der Waals surface area contributed by atoms with Gasteiger partial charge >= 0.3 is 6.09 Å². The van der Waals surface area contributed by atoms with Crippen molar-refractivity contribution in [1.82, 2.24) is 14.8 Å².